The van der Waals surface area contributed by atoms with Crippen LogP contribution in [0, 0.1) is 13.8 Å². The molecule has 1 fully saturated rings. The molecule has 0 amide bonds. The van der Waals surface area contributed by atoms with Crippen LogP contribution in [0.1, 0.15) is 47.9 Å². The molecule has 28 heavy (non-hydrogen) atoms. The Morgan fingerprint density at radius 3 is 1.36 bits per heavy atom. The number of thioether (sulfide) groups is 2. The Hall–Kier alpha value is -1.92. The van der Waals surface area contributed by atoms with Crippen molar-refractivity contribution in [2.24, 2.45) is 10.2 Å². The number of nitrogens with one attached hydrogen (secondary N) is 2. The zero-order valence-corrected chi connectivity index (χ0v) is 17.8. The maximum Gasteiger partial charge on any atom is 0.126 e. The van der Waals surface area contributed by atoms with E-state index in [2.05, 4.69) is 83.4 Å². The molecule has 6 heteroatoms. The van der Waals surface area contributed by atoms with E-state index in [9.17, 15) is 0 Å². The first-order valence-electron chi connectivity index (χ1n) is 9.77. The molecule has 2 N–H and O–H groups in total. The predicted octanol–water partition coefficient (Wildman–Crippen LogP) is 4.97. The van der Waals surface area contributed by atoms with Crippen molar-refractivity contribution in [2.75, 3.05) is 0 Å². The lowest BCUT2D eigenvalue weighted by Gasteiger charge is -2.41. The molecule has 3 aliphatic rings. The summed E-state index contributed by atoms with van der Waals surface area (Å²) in [5, 5.41) is 11.6. The lowest BCUT2D eigenvalue weighted by atomic mass is 9.90. The van der Waals surface area contributed by atoms with Gasteiger partial charge in [0.2, 0.25) is 0 Å². The normalized spacial score (nSPS) is 28.8. The minimum Gasteiger partial charge on any atom is -0.292 e. The first-order chi connectivity index (χ1) is 13.5. The summed E-state index contributed by atoms with van der Waals surface area (Å²) in [6, 6.07) is 17.3. The van der Waals surface area contributed by atoms with Gasteiger partial charge in [0.1, 0.15) is 19.8 Å². The number of aryl methyl sites for hydroxylation is 2. The van der Waals surface area contributed by atoms with Crippen LogP contribution in [0.4, 0.5) is 0 Å². The van der Waals surface area contributed by atoms with Gasteiger partial charge < -0.3 is 0 Å². The summed E-state index contributed by atoms with van der Waals surface area (Å²) in [4.78, 5) is 0.0562. The number of hydrogen-bond donors (Lipinski definition) is 2. The van der Waals surface area contributed by atoms with Crippen LogP contribution in [-0.4, -0.2) is 19.8 Å². The van der Waals surface area contributed by atoms with E-state index in [1.54, 1.807) is 0 Å². The average molecular weight is 409 g/mol. The highest BCUT2D eigenvalue weighted by atomic mass is 32.2. The summed E-state index contributed by atoms with van der Waals surface area (Å²) >= 11 is 3.80. The maximum absolute atomic E-state index is 4.67. The van der Waals surface area contributed by atoms with Crippen LogP contribution in [0.5, 0.6) is 0 Å². The number of hydrogen-bond acceptors (Lipinski definition) is 6. The van der Waals surface area contributed by atoms with Gasteiger partial charge in [-0.25, -0.2) is 0 Å². The summed E-state index contributed by atoms with van der Waals surface area (Å²) in [5.41, 5.74) is 11.9. The molecule has 2 heterocycles. The molecule has 0 bridgehead atoms. The Balaban J connectivity index is 1.23. The highest BCUT2D eigenvalue weighted by Crippen LogP contribution is 2.51. The van der Waals surface area contributed by atoms with Crippen molar-refractivity contribution in [2.45, 2.75) is 49.3 Å². The fourth-order valence-corrected chi connectivity index (χ4v) is 6.32. The molecule has 4 nitrogen and oxygen atoms in total. The number of hydrazone groups is 2. The number of nitrogens with zero attached hydrogens (tertiary/aromatic N) is 2. The van der Waals surface area contributed by atoms with Crippen molar-refractivity contribution in [3.05, 3.63) is 70.8 Å². The van der Waals surface area contributed by atoms with Gasteiger partial charge in [0.25, 0.3) is 0 Å². The van der Waals surface area contributed by atoms with E-state index >= 15 is 0 Å². The largest absolute Gasteiger partial charge is 0.292 e. The predicted molar refractivity (Wildman–Crippen MR) is 121 cm³/mol. The van der Waals surface area contributed by atoms with E-state index in [4.69, 9.17) is 0 Å². The first-order valence-corrected chi connectivity index (χ1v) is 11.4. The van der Waals surface area contributed by atoms with Crippen LogP contribution in [-0.2, 0) is 0 Å². The second kappa shape index (κ2) is 6.85. The topological polar surface area (TPSA) is 48.8 Å². The fraction of sp³-hybridized carbons (Fsp3) is 0.364. The molecule has 0 atom stereocenters. The molecule has 2 aromatic rings. The average Bonchev–Trinajstić information content (AvgIpc) is 3.31. The zero-order valence-electron chi connectivity index (χ0n) is 16.2. The van der Waals surface area contributed by atoms with Gasteiger partial charge in [0.15, 0.2) is 0 Å². The quantitative estimate of drug-likeness (QED) is 0.737. The number of rotatable bonds is 2. The van der Waals surface area contributed by atoms with Crippen LogP contribution >= 0.6 is 23.5 Å². The van der Waals surface area contributed by atoms with E-state index in [-0.39, 0.29) is 9.74 Å². The van der Waals surface area contributed by atoms with Gasteiger partial charge in [-0.05, 0) is 39.5 Å². The summed E-state index contributed by atoms with van der Waals surface area (Å²) in [6.07, 6.45) is 4.31. The molecule has 1 aliphatic carbocycles. The highest BCUT2D eigenvalue weighted by Gasteiger charge is 2.49. The highest BCUT2D eigenvalue weighted by molar-refractivity contribution is 8.16. The van der Waals surface area contributed by atoms with Gasteiger partial charge in [0, 0.05) is 11.1 Å². The molecule has 2 aliphatic heterocycles. The Kier molecular flexibility index (Phi) is 4.43. The minimum absolute atomic E-state index is 0.0281. The second-order valence-corrected chi connectivity index (χ2v) is 10.7. The third-order valence-electron chi connectivity index (χ3n) is 5.77. The van der Waals surface area contributed by atoms with Crippen LogP contribution in [0.3, 0.4) is 0 Å². The molecule has 0 unspecified atom stereocenters. The van der Waals surface area contributed by atoms with E-state index in [1.165, 1.54) is 22.3 Å². The smallest absolute Gasteiger partial charge is 0.126 e. The molecule has 1 saturated carbocycles. The van der Waals surface area contributed by atoms with E-state index in [1.807, 2.05) is 23.5 Å². The molecule has 0 saturated heterocycles. The summed E-state index contributed by atoms with van der Waals surface area (Å²) in [7, 11) is 0. The van der Waals surface area contributed by atoms with Crippen LogP contribution in [0.2, 0.25) is 0 Å². The SMILES string of the molecule is Cc1ccc(C2=NNC3(CCC4(CC3)NN=C(c3ccc(C)cc3)S4)S2)cc1. The maximum atomic E-state index is 4.67. The molecule has 2 spiro atoms. The van der Waals surface area contributed by atoms with Crippen LogP contribution in [0.25, 0.3) is 0 Å². The van der Waals surface area contributed by atoms with Crippen molar-refractivity contribution >= 4 is 33.6 Å². The molecule has 2 aromatic carbocycles. The Bertz CT molecular complexity index is 860. The Morgan fingerprint density at radius 1 is 0.643 bits per heavy atom. The molecule has 144 valence electrons. The van der Waals surface area contributed by atoms with Crippen molar-refractivity contribution in [3.8, 4) is 0 Å². The molecular formula is C22H24N4S2. The van der Waals surface area contributed by atoms with Crippen molar-refractivity contribution in [1.29, 1.82) is 0 Å². The Morgan fingerprint density at radius 2 is 1.00 bits per heavy atom. The van der Waals surface area contributed by atoms with Gasteiger partial charge in [-0.3, -0.25) is 10.9 Å². The summed E-state index contributed by atoms with van der Waals surface area (Å²) in [6.45, 7) is 4.24. The molecule has 5 rings (SSSR count). The third-order valence-corrected chi connectivity index (χ3v) is 8.59. The summed E-state index contributed by atoms with van der Waals surface area (Å²) < 4.78 is 0. The third kappa shape index (κ3) is 3.33. The Labute approximate surface area is 174 Å². The van der Waals surface area contributed by atoms with Crippen molar-refractivity contribution in [1.82, 2.24) is 10.9 Å². The second-order valence-electron chi connectivity index (χ2n) is 7.98. The zero-order chi connectivity index (χ0) is 19.2. The minimum atomic E-state index is 0.0281. The van der Waals surface area contributed by atoms with Gasteiger partial charge in [-0.15, -0.1) is 0 Å². The van der Waals surface area contributed by atoms with Crippen LogP contribution < -0.4 is 10.9 Å². The molecular weight excluding hydrogens is 384 g/mol. The van der Waals surface area contributed by atoms with Gasteiger partial charge >= 0.3 is 0 Å². The fourth-order valence-electron chi connectivity index (χ4n) is 3.89. The monoisotopic (exact) mass is 408 g/mol. The van der Waals surface area contributed by atoms with Crippen molar-refractivity contribution < 1.29 is 0 Å². The van der Waals surface area contributed by atoms with Gasteiger partial charge in [-0.1, -0.05) is 83.2 Å². The number of benzene rings is 2. The molecule has 0 aromatic heterocycles. The van der Waals surface area contributed by atoms with E-state index in [0.29, 0.717) is 0 Å². The van der Waals surface area contributed by atoms with Crippen LogP contribution in [0.15, 0.2) is 58.7 Å². The van der Waals surface area contributed by atoms with Gasteiger partial charge in [0.05, 0.1) is 0 Å². The molecule has 0 radical (unpaired) electrons. The van der Waals surface area contributed by atoms with Gasteiger partial charge in [-0.2, -0.15) is 10.2 Å². The standard InChI is InChI=1S/C22H24N4S2/c1-15-3-7-17(8-4-15)19-23-25-21(27-19)11-13-22(14-12-21)26-24-20(28-22)18-9-5-16(2)6-10-18/h3-10,25-26H,11-14H2,1-2H3. The first kappa shape index (κ1) is 18.1. The lowest BCUT2D eigenvalue weighted by molar-refractivity contribution is 0.273. The lowest BCUT2D eigenvalue weighted by Crippen LogP contribution is -2.48. The summed E-state index contributed by atoms with van der Waals surface area (Å²) in [5.74, 6) is 0. The van der Waals surface area contributed by atoms with E-state index in [0.717, 1.165) is 35.8 Å². The van der Waals surface area contributed by atoms with Crippen molar-refractivity contribution in [3.63, 3.8) is 0 Å². The van der Waals surface area contributed by atoms with E-state index < -0.39 is 0 Å².